The van der Waals surface area contributed by atoms with E-state index < -0.39 is 45.7 Å². The summed E-state index contributed by atoms with van der Waals surface area (Å²) in [6.45, 7) is 3.52. The van der Waals surface area contributed by atoms with Crippen molar-refractivity contribution in [2.24, 2.45) is 4.99 Å². The van der Waals surface area contributed by atoms with Crippen LogP contribution in [0.5, 0.6) is 17.2 Å². The van der Waals surface area contributed by atoms with E-state index in [0.29, 0.717) is 38.3 Å². The number of carbonyl (C=O) groups is 1. The summed E-state index contributed by atoms with van der Waals surface area (Å²) >= 11 is 1.12. The topological polar surface area (TPSA) is 122 Å². The average molecular weight is 640 g/mol. The number of ether oxygens (including phenoxy) is 3. The molecule has 0 radical (unpaired) electrons. The van der Waals surface area contributed by atoms with Crippen molar-refractivity contribution < 1.29 is 37.1 Å². The summed E-state index contributed by atoms with van der Waals surface area (Å²) in [6.07, 6.45) is -3.19. The zero-order valence-electron chi connectivity index (χ0n) is 24.0. The number of thiazole rings is 1. The molecule has 2 heterocycles. The van der Waals surface area contributed by atoms with Crippen LogP contribution in [0.2, 0.25) is 0 Å². The monoisotopic (exact) mass is 639 g/mol. The predicted molar refractivity (Wildman–Crippen MR) is 158 cm³/mol. The van der Waals surface area contributed by atoms with Crippen molar-refractivity contribution >= 4 is 29.1 Å². The summed E-state index contributed by atoms with van der Waals surface area (Å²) < 4.78 is 57.4. The molecule has 0 saturated heterocycles. The Labute approximate surface area is 257 Å². The van der Waals surface area contributed by atoms with Crippen molar-refractivity contribution in [2.45, 2.75) is 26.1 Å². The number of alkyl halides is 3. The minimum Gasteiger partial charge on any atom is -0.493 e. The lowest BCUT2D eigenvalue weighted by molar-refractivity contribution is -0.385. The van der Waals surface area contributed by atoms with Crippen LogP contribution in [0.3, 0.4) is 0 Å². The molecule has 0 saturated carbocycles. The van der Waals surface area contributed by atoms with Gasteiger partial charge in [0.15, 0.2) is 16.3 Å². The summed E-state index contributed by atoms with van der Waals surface area (Å²) in [5.74, 6) is -0.886. The zero-order chi connectivity index (χ0) is 32.5. The fourth-order valence-electron chi connectivity index (χ4n) is 4.79. The number of nitrogens with zero attached hydrogens (tertiary/aromatic N) is 3. The number of rotatable bonds is 8. The largest absolute Gasteiger partial charge is 0.493 e. The molecule has 0 amide bonds. The first-order chi connectivity index (χ1) is 21.4. The van der Waals surface area contributed by atoms with Gasteiger partial charge in [0.2, 0.25) is 5.75 Å². The predicted octanol–water partition coefficient (Wildman–Crippen LogP) is 5.53. The van der Waals surface area contributed by atoms with E-state index in [2.05, 4.69) is 4.99 Å². The third-order valence-electron chi connectivity index (χ3n) is 6.82. The lowest BCUT2D eigenvalue weighted by atomic mass is 9.96. The highest BCUT2D eigenvalue weighted by atomic mass is 32.1. The van der Waals surface area contributed by atoms with E-state index in [1.54, 1.807) is 38.1 Å². The highest BCUT2D eigenvalue weighted by Crippen LogP contribution is 2.40. The summed E-state index contributed by atoms with van der Waals surface area (Å²) in [6, 6.07) is 14.7. The van der Waals surface area contributed by atoms with Gasteiger partial charge in [-0.3, -0.25) is 19.5 Å². The molecule has 5 rings (SSSR count). The van der Waals surface area contributed by atoms with Gasteiger partial charge in [-0.2, -0.15) is 13.2 Å². The Hall–Kier alpha value is -5.24. The van der Waals surface area contributed by atoms with Crippen molar-refractivity contribution in [3.63, 3.8) is 0 Å². The fourth-order valence-corrected chi connectivity index (χ4v) is 5.84. The minimum atomic E-state index is -4.78. The number of nitro benzene ring substituents is 1. The van der Waals surface area contributed by atoms with Crippen LogP contribution in [0.1, 0.15) is 36.6 Å². The zero-order valence-corrected chi connectivity index (χ0v) is 24.8. The number of allylic oxidation sites excluding steroid dienone is 1. The van der Waals surface area contributed by atoms with Crippen LogP contribution in [-0.4, -0.2) is 29.2 Å². The molecule has 1 aromatic heterocycles. The second-order valence-corrected chi connectivity index (χ2v) is 10.7. The van der Waals surface area contributed by atoms with Crippen molar-refractivity contribution in [2.75, 3.05) is 13.7 Å². The lowest BCUT2D eigenvalue weighted by Gasteiger charge is -2.24. The summed E-state index contributed by atoms with van der Waals surface area (Å²) in [7, 11) is 1.32. The number of carbonyl (C=O) groups excluding carboxylic acids is 1. The molecule has 45 heavy (non-hydrogen) atoms. The Bertz CT molecular complexity index is 2020. The van der Waals surface area contributed by atoms with Crippen LogP contribution in [-0.2, 0) is 15.7 Å². The molecule has 0 N–H and O–H groups in total. The van der Waals surface area contributed by atoms with Gasteiger partial charge in [-0.1, -0.05) is 47.7 Å². The molecule has 10 nitrogen and oxygen atoms in total. The van der Waals surface area contributed by atoms with E-state index >= 15 is 0 Å². The Morgan fingerprint density at radius 3 is 2.44 bits per heavy atom. The van der Waals surface area contributed by atoms with Crippen LogP contribution in [0.4, 0.5) is 18.9 Å². The Morgan fingerprint density at radius 2 is 1.80 bits per heavy atom. The number of hydrogen-bond acceptors (Lipinski definition) is 9. The normalized spacial score (nSPS) is 14.9. The maximum absolute atomic E-state index is 13.8. The molecule has 232 valence electrons. The molecule has 0 spiro atoms. The van der Waals surface area contributed by atoms with Crippen molar-refractivity contribution in [1.29, 1.82) is 0 Å². The van der Waals surface area contributed by atoms with E-state index in [9.17, 15) is 32.9 Å². The van der Waals surface area contributed by atoms with Gasteiger partial charge in [0.05, 0.1) is 46.0 Å². The molecule has 4 aromatic rings. The van der Waals surface area contributed by atoms with Crippen LogP contribution in [0, 0.1) is 10.1 Å². The quantitative estimate of drug-likeness (QED) is 0.141. The highest BCUT2D eigenvalue weighted by Gasteiger charge is 2.34. The van der Waals surface area contributed by atoms with Crippen molar-refractivity contribution in [3.8, 4) is 17.2 Å². The second kappa shape index (κ2) is 12.4. The highest BCUT2D eigenvalue weighted by molar-refractivity contribution is 7.07. The molecule has 1 aliphatic rings. The number of halogens is 3. The molecule has 0 bridgehead atoms. The number of nitro groups is 1. The molecule has 0 aliphatic carbocycles. The first-order valence-corrected chi connectivity index (χ1v) is 14.2. The number of methoxy groups -OCH3 is 1. The lowest BCUT2D eigenvalue weighted by Crippen LogP contribution is -2.39. The van der Waals surface area contributed by atoms with Gasteiger partial charge in [0, 0.05) is 6.07 Å². The first-order valence-electron chi connectivity index (χ1n) is 13.4. The van der Waals surface area contributed by atoms with E-state index in [0.717, 1.165) is 17.4 Å². The second-order valence-electron chi connectivity index (χ2n) is 9.66. The molecule has 1 atom stereocenters. The third kappa shape index (κ3) is 6.22. The molecule has 1 aliphatic heterocycles. The van der Waals surface area contributed by atoms with Gasteiger partial charge in [-0.25, -0.2) is 9.79 Å². The summed E-state index contributed by atoms with van der Waals surface area (Å²) in [5.41, 5.74) is -0.598. The molecular formula is C31H24F3N3O7S. The van der Waals surface area contributed by atoms with E-state index in [4.69, 9.17) is 14.2 Å². The Balaban J connectivity index is 1.56. The number of esters is 1. The number of fused-ring (bicyclic) bond motifs is 1. The minimum absolute atomic E-state index is 0.00208. The van der Waals surface area contributed by atoms with Crippen LogP contribution in [0.15, 0.2) is 87.8 Å². The third-order valence-corrected chi connectivity index (χ3v) is 7.80. The SMILES string of the molecule is CCOC(=O)C1=C(C)N=c2s/c(=C/c3ccc(Oc4ccc(C(F)(F)F)cc4[N+](=O)[O-])c(OC)c3)c(=O)n2[C@H]1c1ccccc1. The number of aromatic nitrogens is 1. The van der Waals surface area contributed by atoms with Crippen LogP contribution < -0.4 is 24.4 Å². The molecular weight excluding hydrogens is 615 g/mol. The molecule has 14 heteroatoms. The van der Waals surface area contributed by atoms with E-state index in [-0.39, 0.29) is 23.7 Å². The van der Waals surface area contributed by atoms with Crippen molar-refractivity contribution in [1.82, 2.24) is 4.57 Å². The molecule has 0 unspecified atom stereocenters. The standard InChI is InChI=1S/C31H24F3N3O7S/c1-4-43-29(39)26-17(2)35-30-36(27(26)19-8-6-5-7-9-19)28(38)25(45-30)15-18-10-12-23(24(14-18)42-3)44-22-13-11-20(31(32,33)34)16-21(22)37(40)41/h5-16,27H,4H2,1-3H3/b25-15+/t27-/m0/s1. The van der Waals surface area contributed by atoms with Gasteiger partial charge in [-0.05, 0) is 55.3 Å². The van der Waals surface area contributed by atoms with Gasteiger partial charge in [0.25, 0.3) is 5.56 Å². The van der Waals surface area contributed by atoms with Gasteiger partial charge in [0.1, 0.15) is 0 Å². The molecule has 3 aromatic carbocycles. The maximum atomic E-state index is 13.8. The van der Waals surface area contributed by atoms with Gasteiger partial charge >= 0.3 is 17.8 Å². The summed E-state index contributed by atoms with van der Waals surface area (Å²) in [5, 5.41) is 11.5. The Kier molecular flexibility index (Phi) is 8.60. The Morgan fingerprint density at radius 1 is 1.09 bits per heavy atom. The number of hydrogen-bond donors (Lipinski definition) is 0. The average Bonchev–Trinajstić information content (AvgIpc) is 3.30. The first kappa shape index (κ1) is 31.2. The number of benzene rings is 3. The van der Waals surface area contributed by atoms with E-state index in [1.165, 1.54) is 23.8 Å². The van der Waals surface area contributed by atoms with E-state index in [1.807, 2.05) is 18.2 Å². The van der Waals surface area contributed by atoms with Crippen LogP contribution in [0.25, 0.3) is 6.08 Å². The summed E-state index contributed by atoms with van der Waals surface area (Å²) in [4.78, 5) is 42.2. The van der Waals surface area contributed by atoms with Gasteiger partial charge < -0.3 is 14.2 Å². The maximum Gasteiger partial charge on any atom is 0.416 e. The van der Waals surface area contributed by atoms with Gasteiger partial charge in [-0.15, -0.1) is 0 Å². The molecule has 0 fully saturated rings. The smallest absolute Gasteiger partial charge is 0.416 e. The van der Waals surface area contributed by atoms with Crippen LogP contribution >= 0.6 is 11.3 Å². The van der Waals surface area contributed by atoms with Crippen molar-refractivity contribution in [3.05, 3.63) is 124 Å². The fraction of sp³-hybridized carbons (Fsp3) is 0.194.